The fourth-order valence-electron chi connectivity index (χ4n) is 15.1. The maximum atomic E-state index is 10.3. The van der Waals surface area contributed by atoms with Gasteiger partial charge in [0.25, 0.3) is 0 Å². The Labute approximate surface area is 507 Å². The van der Waals surface area contributed by atoms with Crippen LogP contribution in [0, 0.1) is 22.7 Å². The van der Waals surface area contributed by atoms with E-state index in [2.05, 4.69) is 287 Å². The Hall–Kier alpha value is -12.0. The molecule has 0 radical (unpaired) electrons. The van der Waals surface area contributed by atoms with E-state index in [9.17, 15) is 10.5 Å². The molecule has 88 heavy (non-hydrogen) atoms. The molecule has 0 bridgehead atoms. The summed E-state index contributed by atoms with van der Waals surface area (Å²) in [6.45, 7) is 0. The number of nitrogens with zero attached hydrogens (tertiary/aromatic N) is 5. The van der Waals surface area contributed by atoms with Gasteiger partial charge in [-0.15, -0.1) is 0 Å². The van der Waals surface area contributed by atoms with Crippen LogP contribution >= 0.6 is 0 Å². The number of hydrogen-bond acceptors (Lipinski definition) is 4. The summed E-state index contributed by atoms with van der Waals surface area (Å²) in [6.07, 6.45) is 0. The minimum atomic E-state index is -0.334. The fourth-order valence-corrected chi connectivity index (χ4v) is 15.1. The van der Waals surface area contributed by atoms with Crippen LogP contribution in [0.3, 0.4) is 0 Å². The molecule has 0 saturated heterocycles. The molecular formula is C82H49N5O. The van der Waals surface area contributed by atoms with Gasteiger partial charge >= 0.3 is 0 Å². The topological polar surface area (TPSA) is 73.8 Å². The van der Waals surface area contributed by atoms with E-state index in [0.29, 0.717) is 11.1 Å². The molecule has 2 atom stereocenters. The number of rotatable bonds is 7. The molecule has 0 spiro atoms. The molecule has 6 nitrogen and oxygen atoms in total. The van der Waals surface area contributed by atoms with E-state index in [1.807, 2.05) is 24.3 Å². The highest BCUT2D eigenvalue weighted by atomic mass is 16.3. The Balaban J connectivity index is 1.03. The maximum absolute atomic E-state index is 10.3. The maximum Gasteiger partial charge on any atom is 0.143 e. The Morgan fingerprint density at radius 2 is 0.864 bits per heavy atom. The van der Waals surface area contributed by atoms with Gasteiger partial charge < -0.3 is 18.5 Å². The average Bonchev–Trinajstić information content (AvgIpc) is 2.52. The predicted molar refractivity (Wildman–Crippen MR) is 358 cm³/mol. The van der Waals surface area contributed by atoms with Crippen LogP contribution in [0.4, 0.5) is 17.1 Å². The van der Waals surface area contributed by atoms with Crippen molar-refractivity contribution >= 4 is 82.6 Å². The summed E-state index contributed by atoms with van der Waals surface area (Å²) in [4.78, 5) is 2.56. The van der Waals surface area contributed by atoms with Crippen LogP contribution < -0.4 is 4.90 Å². The Morgan fingerprint density at radius 3 is 1.56 bits per heavy atom. The van der Waals surface area contributed by atoms with Crippen LogP contribution in [0.5, 0.6) is 0 Å². The zero-order chi connectivity index (χ0) is 58.1. The van der Waals surface area contributed by atoms with E-state index in [1.54, 1.807) is 0 Å². The van der Waals surface area contributed by atoms with Crippen molar-refractivity contribution in [2.24, 2.45) is 0 Å². The summed E-state index contributed by atoms with van der Waals surface area (Å²) in [5, 5.41) is 26.8. The third-order valence-corrected chi connectivity index (χ3v) is 18.7. The van der Waals surface area contributed by atoms with Crippen molar-refractivity contribution in [2.75, 3.05) is 4.90 Å². The summed E-state index contributed by atoms with van der Waals surface area (Å²) in [6, 6.07) is 108. The SMILES string of the molecule is N#Cc1ccc2c(c1)c1ccccc1n2-c1ccc2c(c1)C(c1ccccc1-c1ccccc1)c1cc(-c3ccccc3)cc3c1C2c1c(cc(-n2c4ccccc4c4cc(C#N)ccc42)c2c1oc1ccccc12)N3c1ccccc1-c1ccccc1. The number of hydrogen-bond donors (Lipinski definition) is 0. The second kappa shape index (κ2) is 19.3. The van der Waals surface area contributed by atoms with Crippen molar-refractivity contribution in [1.82, 2.24) is 9.13 Å². The molecule has 6 heteroatoms. The monoisotopic (exact) mass is 1120 g/mol. The van der Waals surface area contributed by atoms with Crippen LogP contribution in [-0.4, -0.2) is 9.13 Å². The van der Waals surface area contributed by atoms with Crippen molar-refractivity contribution in [3.05, 3.63) is 330 Å². The zero-order valence-corrected chi connectivity index (χ0v) is 47.4. The van der Waals surface area contributed by atoms with Crippen LogP contribution in [0.15, 0.2) is 290 Å². The highest BCUT2D eigenvalue weighted by Crippen LogP contribution is 2.63. The normalized spacial score (nSPS) is 14.1. The lowest BCUT2D eigenvalue weighted by atomic mass is 9.64. The first kappa shape index (κ1) is 49.5. The zero-order valence-electron chi connectivity index (χ0n) is 47.4. The lowest BCUT2D eigenvalue weighted by Gasteiger charge is -2.45. The number of furan rings is 1. The van der Waals surface area contributed by atoms with Gasteiger partial charge in [0.15, 0.2) is 0 Å². The number of anilines is 3. The standard InChI is InChI=1S/C82H49N5O/c83-48-50-36-40-71-64(42-50)59-28-13-17-33-69(59)85(71)56-38-39-62-66(46-56)77(61-30-11-10-26-57(61)53-22-6-2-7-23-53)67-44-55(52-20-4-1-5-21-52)45-73-78(67)80(62)81-75(87(73)68-32-16-12-27-58(68)54-24-8-3-9-25-54)47-74(79-63-31-15-19-35-76(63)88-82(79)81)86-70-34-18-14-29-60(70)65-43-51(49-84)37-41-72(65)86/h1-47,77,80H. The van der Waals surface area contributed by atoms with Gasteiger partial charge in [-0.1, -0.05) is 194 Å². The summed E-state index contributed by atoms with van der Waals surface area (Å²) in [5.74, 6) is -0.605. The van der Waals surface area contributed by atoms with E-state index in [1.165, 1.54) is 33.4 Å². The Bertz CT molecular complexity index is 5660. The van der Waals surface area contributed by atoms with Crippen molar-refractivity contribution in [3.63, 3.8) is 0 Å². The van der Waals surface area contributed by atoms with E-state index < -0.39 is 0 Å². The van der Waals surface area contributed by atoms with Crippen LogP contribution in [0.1, 0.15) is 56.3 Å². The fraction of sp³-hybridized carbons (Fsp3) is 0.0244. The minimum absolute atomic E-state index is 0.271. The summed E-state index contributed by atoms with van der Waals surface area (Å²) in [7, 11) is 0. The van der Waals surface area contributed by atoms with Gasteiger partial charge in [-0.05, 0) is 147 Å². The molecule has 2 unspecified atom stereocenters. The largest absolute Gasteiger partial charge is 0.456 e. The van der Waals surface area contributed by atoms with Crippen LogP contribution in [0.2, 0.25) is 0 Å². The molecule has 18 rings (SSSR count). The lowest BCUT2D eigenvalue weighted by Crippen LogP contribution is -2.29. The van der Waals surface area contributed by atoms with Gasteiger partial charge in [-0.3, -0.25) is 0 Å². The second-order valence-corrected chi connectivity index (χ2v) is 23.2. The van der Waals surface area contributed by atoms with E-state index in [4.69, 9.17) is 4.42 Å². The number of fused-ring (bicyclic) bond motifs is 14. The molecule has 2 aliphatic rings. The highest BCUT2D eigenvalue weighted by molar-refractivity contribution is 6.18. The molecule has 0 amide bonds. The summed E-state index contributed by atoms with van der Waals surface area (Å²) in [5.41, 5.74) is 26.0. The molecular weight excluding hydrogens is 1070 g/mol. The first-order valence-corrected chi connectivity index (χ1v) is 29.9. The van der Waals surface area contributed by atoms with Gasteiger partial charge in [0.2, 0.25) is 0 Å². The third-order valence-electron chi connectivity index (χ3n) is 18.7. The smallest absolute Gasteiger partial charge is 0.143 e. The van der Waals surface area contributed by atoms with Gasteiger partial charge in [0.05, 0.1) is 73.5 Å². The van der Waals surface area contributed by atoms with Crippen LogP contribution in [-0.2, 0) is 0 Å². The summed E-state index contributed by atoms with van der Waals surface area (Å²) >= 11 is 0. The quantitative estimate of drug-likeness (QED) is 0.159. The van der Waals surface area contributed by atoms with Gasteiger partial charge in [0.1, 0.15) is 11.2 Å². The number of aromatic nitrogens is 2. The lowest BCUT2D eigenvalue weighted by molar-refractivity contribution is 0.658. The molecule has 1 aliphatic carbocycles. The van der Waals surface area contributed by atoms with E-state index >= 15 is 0 Å². The van der Waals surface area contributed by atoms with Crippen molar-refractivity contribution in [1.29, 1.82) is 10.5 Å². The van der Waals surface area contributed by atoms with E-state index in [0.717, 1.165) is 127 Å². The predicted octanol–water partition coefficient (Wildman–Crippen LogP) is 21.0. The molecule has 13 aromatic carbocycles. The molecule has 1 aliphatic heterocycles. The minimum Gasteiger partial charge on any atom is -0.456 e. The molecule has 0 N–H and O–H groups in total. The van der Waals surface area contributed by atoms with Crippen LogP contribution in [0.25, 0.3) is 110 Å². The average molecular weight is 1120 g/mol. The Kier molecular flexibility index (Phi) is 10.8. The van der Waals surface area contributed by atoms with Gasteiger partial charge in [-0.2, -0.15) is 10.5 Å². The first-order chi connectivity index (χ1) is 43.6. The molecule has 16 aromatic rings. The van der Waals surface area contributed by atoms with Crippen molar-refractivity contribution < 1.29 is 4.42 Å². The molecule has 4 heterocycles. The first-order valence-electron chi connectivity index (χ1n) is 29.9. The van der Waals surface area contributed by atoms with E-state index in [-0.39, 0.29) is 11.8 Å². The number of nitriles is 2. The second-order valence-electron chi connectivity index (χ2n) is 23.2. The van der Waals surface area contributed by atoms with Gasteiger partial charge in [-0.25, -0.2) is 0 Å². The molecule has 0 saturated carbocycles. The number of para-hydroxylation sites is 4. The van der Waals surface area contributed by atoms with Crippen molar-refractivity contribution in [3.8, 4) is 56.9 Å². The Morgan fingerprint density at radius 1 is 0.318 bits per heavy atom. The highest BCUT2D eigenvalue weighted by Gasteiger charge is 2.45. The van der Waals surface area contributed by atoms with Crippen molar-refractivity contribution in [2.45, 2.75) is 11.8 Å². The molecule has 0 fully saturated rings. The summed E-state index contributed by atoms with van der Waals surface area (Å²) < 4.78 is 12.4. The number of benzene rings is 13. The molecule has 3 aromatic heterocycles. The third kappa shape index (κ3) is 7.21. The van der Waals surface area contributed by atoms with Gasteiger partial charge in [0, 0.05) is 55.6 Å². The molecule has 408 valence electrons.